The van der Waals surface area contributed by atoms with Crippen molar-refractivity contribution in [3.63, 3.8) is 0 Å². The van der Waals surface area contributed by atoms with Gasteiger partial charge in [-0.1, -0.05) is 12.1 Å². The summed E-state index contributed by atoms with van der Waals surface area (Å²) in [5.74, 6) is -0.120. The van der Waals surface area contributed by atoms with Gasteiger partial charge >= 0.3 is 0 Å². The van der Waals surface area contributed by atoms with Gasteiger partial charge < -0.3 is 10.6 Å². The lowest BCUT2D eigenvalue weighted by molar-refractivity contribution is 0.139. The van der Waals surface area contributed by atoms with E-state index in [1.165, 1.54) is 12.5 Å². The zero-order valence-electron chi connectivity index (χ0n) is 11.3. The average molecular weight is 263 g/mol. The molecule has 104 valence electrons. The number of piperazine rings is 1. The Kier molecular flexibility index (Phi) is 3.46. The molecule has 1 saturated carbocycles. The maximum atomic E-state index is 13.7. The Hall–Kier alpha value is -1.13. The predicted molar refractivity (Wildman–Crippen MR) is 75.8 cm³/mol. The van der Waals surface area contributed by atoms with Gasteiger partial charge in [0.1, 0.15) is 5.82 Å². The third kappa shape index (κ3) is 2.74. The summed E-state index contributed by atoms with van der Waals surface area (Å²) in [7, 11) is 0. The van der Waals surface area contributed by atoms with Gasteiger partial charge in [0.2, 0.25) is 0 Å². The lowest BCUT2D eigenvalue weighted by Gasteiger charge is -2.45. The highest BCUT2D eigenvalue weighted by atomic mass is 19.1. The molecule has 0 radical (unpaired) electrons. The maximum absolute atomic E-state index is 13.7. The molecular formula is C15H22FN3. The monoisotopic (exact) mass is 263 g/mol. The Labute approximate surface area is 114 Å². The number of rotatable bonds is 3. The molecule has 1 heterocycles. The number of nitrogens with zero attached hydrogens (tertiary/aromatic N) is 2. The summed E-state index contributed by atoms with van der Waals surface area (Å²) in [5.41, 5.74) is 7.07. The summed E-state index contributed by atoms with van der Waals surface area (Å²) < 4.78 is 13.7. The fourth-order valence-corrected chi connectivity index (χ4v) is 3.09. The van der Waals surface area contributed by atoms with Gasteiger partial charge in [-0.05, 0) is 31.4 Å². The van der Waals surface area contributed by atoms with Crippen LogP contribution in [-0.4, -0.2) is 43.2 Å². The first-order chi connectivity index (χ1) is 9.16. The molecule has 4 heteroatoms. The number of halogens is 1. The highest BCUT2D eigenvalue weighted by Gasteiger charge is 2.35. The average Bonchev–Trinajstić information content (AvgIpc) is 2.39. The molecule has 0 amide bonds. The Morgan fingerprint density at radius 2 is 1.79 bits per heavy atom. The molecule has 2 aliphatic rings. The van der Waals surface area contributed by atoms with Gasteiger partial charge in [-0.3, -0.25) is 4.90 Å². The molecule has 1 aliphatic heterocycles. The second-order valence-corrected chi connectivity index (χ2v) is 5.93. The van der Waals surface area contributed by atoms with Crippen molar-refractivity contribution in [2.75, 3.05) is 37.6 Å². The van der Waals surface area contributed by atoms with Crippen molar-refractivity contribution in [1.29, 1.82) is 0 Å². The van der Waals surface area contributed by atoms with E-state index in [0.29, 0.717) is 0 Å². The highest BCUT2D eigenvalue weighted by Crippen LogP contribution is 2.30. The molecule has 1 aliphatic carbocycles. The van der Waals surface area contributed by atoms with Crippen LogP contribution in [0.2, 0.25) is 0 Å². The third-order valence-corrected chi connectivity index (χ3v) is 4.45. The summed E-state index contributed by atoms with van der Waals surface area (Å²) in [4.78, 5) is 4.56. The minimum Gasteiger partial charge on any atom is -0.367 e. The fraction of sp³-hybridized carbons (Fsp3) is 0.600. The highest BCUT2D eigenvalue weighted by molar-refractivity contribution is 5.47. The van der Waals surface area contributed by atoms with Gasteiger partial charge in [0.15, 0.2) is 0 Å². The van der Waals surface area contributed by atoms with Crippen LogP contribution in [-0.2, 0) is 0 Å². The minimum atomic E-state index is -0.120. The van der Waals surface area contributed by atoms with Gasteiger partial charge in [-0.25, -0.2) is 4.39 Å². The van der Waals surface area contributed by atoms with Gasteiger partial charge in [0, 0.05) is 38.3 Å². The first-order valence-electron chi connectivity index (χ1n) is 7.17. The third-order valence-electron chi connectivity index (χ3n) is 4.45. The second-order valence-electron chi connectivity index (χ2n) is 5.93. The molecule has 1 saturated heterocycles. The van der Waals surface area contributed by atoms with Crippen LogP contribution in [0.1, 0.15) is 19.3 Å². The second kappa shape index (κ2) is 5.10. The summed E-state index contributed by atoms with van der Waals surface area (Å²) in [6, 6.07) is 7.03. The minimum absolute atomic E-state index is 0.0557. The van der Waals surface area contributed by atoms with Crippen LogP contribution in [0.25, 0.3) is 0 Å². The van der Waals surface area contributed by atoms with E-state index in [0.717, 1.165) is 51.3 Å². The van der Waals surface area contributed by atoms with E-state index in [2.05, 4.69) is 9.80 Å². The fourth-order valence-electron chi connectivity index (χ4n) is 3.09. The summed E-state index contributed by atoms with van der Waals surface area (Å²) in [6.07, 6.45) is 3.58. The van der Waals surface area contributed by atoms with Crippen LogP contribution < -0.4 is 10.6 Å². The van der Waals surface area contributed by atoms with Crippen molar-refractivity contribution in [3.8, 4) is 0 Å². The van der Waals surface area contributed by atoms with Crippen LogP contribution >= 0.6 is 0 Å². The molecule has 2 fully saturated rings. The molecule has 0 aromatic heterocycles. The van der Waals surface area contributed by atoms with Gasteiger partial charge in [-0.2, -0.15) is 0 Å². The van der Waals surface area contributed by atoms with E-state index in [4.69, 9.17) is 5.73 Å². The van der Waals surface area contributed by atoms with Gasteiger partial charge in [-0.15, -0.1) is 0 Å². The van der Waals surface area contributed by atoms with E-state index in [9.17, 15) is 4.39 Å². The molecule has 0 atom stereocenters. The molecule has 1 aromatic rings. The Morgan fingerprint density at radius 1 is 1.11 bits per heavy atom. The first-order valence-corrected chi connectivity index (χ1v) is 7.17. The Morgan fingerprint density at radius 3 is 2.37 bits per heavy atom. The lowest BCUT2D eigenvalue weighted by Crippen LogP contribution is -2.58. The van der Waals surface area contributed by atoms with Gasteiger partial charge in [0.05, 0.1) is 5.69 Å². The van der Waals surface area contributed by atoms with Crippen LogP contribution in [0.5, 0.6) is 0 Å². The standard InChI is InChI=1S/C15H22FN3/c16-13-4-1-2-5-14(13)19-10-8-18(9-11-19)12-15(17)6-3-7-15/h1-2,4-5H,3,6-12,17H2. The van der Waals surface area contributed by atoms with Crippen LogP contribution in [0.4, 0.5) is 10.1 Å². The summed E-state index contributed by atoms with van der Waals surface area (Å²) in [5, 5.41) is 0. The SMILES string of the molecule is NC1(CN2CCN(c3ccccc3F)CC2)CCC1. The molecule has 3 rings (SSSR count). The molecule has 1 aromatic carbocycles. The van der Waals surface area contributed by atoms with Gasteiger partial charge in [0.25, 0.3) is 0 Å². The Bertz CT molecular complexity index is 437. The predicted octanol–water partition coefficient (Wildman–Crippen LogP) is 1.83. The molecule has 0 spiro atoms. The smallest absolute Gasteiger partial charge is 0.146 e. The number of nitrogens with two attached hydrogens (primary N) is 1. The number of anilines is 1. The van der Waals surface area contributed by atoms with Crippen LogP contribution in [0, 0.1) is 5.82 Å². The number of para-hydroxylation sites is 1. The molecule has 0 unspecified atom stereocenters. The zero-order valence-corrected chi connectivity index (χ0v) is 11.3. The lowest BCUT2D eigenvalue weighted by atomic mass is 9.77. The van der Waals surface area contributed by atoms with E-state index in [1.54, 1.807) is 6.07 Å². The molecule has 0 bridgehead atoms. The normalized spacial score (nSPS) is 23.2. The van der Waals surface area contributed by atoms with E-state index in [-0.39, 0.29) is 11.4 Å². The molecule has 19 heavy (non-hydrogen) atoms. The number of benzene rings is 1. The quantitative estimate of drug-likeness (QED) is 0.903. The zero-order chi connectivity index (χ0) is 13.3. The van der Waals surface area contributed by atoms with E-state index < -0.39 is 0 Å². The van der Waals surface area contributed by atoms with E-state index >= 15 is 0 Å². The topological polar surface area (TPSA) is 32.5 Å². The van der Waals surface area contributed by atoms with Crippen molar-refractivity contribution in [2.24, 2.45) is 5.73 Å². The van der Waals surface area contributed by atoms with Crippen LogP contribution in [0.3, 0.4) is 0 Å². The summed E-state index contributed by atoms with van der Waals surface area (Å²) in [6.45, 7) is 4.73. The summed E-state index contributed by atoms with van der Waals surface area (Å²) >= 11 is 0. The van der Waals surface area contributed by atoms with Crippen molar-refractivity contribution in [3.05, 3.63) is 30.1 Å². The largest absolute Gasteiger partial charge is 0.367 e. The first kappa shape index (κ1) is 12.9. The van der Waals surface area contributed by atoms with Crippen molar-refractivity contribution < 1.29 is 4.39 Å². The molecular weight excluding hydrogens is 241 g/mol. The van der Waals surface area contributed by atoms with E-state index in [1.807, 2.05) is 12.1 Å². The van der Waals surface area contributed by atoms with Crippen molar-refractivity contribution in [1.82, 2.24) is 4.90 Å². The van der Waals surface area contributed by atoms with Crippen LogP contribution in [0.15, 0.2) is 24.3 Å². The van der Waals surface area contributed by atoms with Crippen molar-refractivity contribution in [2.45, 2.75) is 24.8 Å². The molecule has 3 nitrogen and oxygen atoms in total. The van der Waals surface area contributed by atoms with Crippen molar-refractivity contribution >= 4 is 5.69 Å². The Balaban J connectivity index is 1.56. The number of hydrogen-bond acceptors (Lipinski definition) is 3. The molecule has 2 N–H and O–H groups in total. The number of hydrogen-bond donors (Lipinski definition) is 1. The maximum Gasteiger partial charge on any atom is 0.146 e.